The predicted octanol–water partition coefficient (Wildman–Crippen LogP) is 3.75. The second kappa shape index (κ2) is 7.73. The molecule has 0 saturated carbocycles. The highest BCUT2D eigenvalue weighted by molar-refractivity contribution is 5.68. The average Bonchev–Trinajstić information content (AvgIpc) is 3.14. The third-order valence-electron chi connectivity index (χ3n) is 5.80. The second-order valence-corrected chi connectivity index (χ2v) is 7.83. The topological polar surface area (TPSA) is 79.7 Å². The van der Waals surface area contributed by atoms with Crippen LogP contribution in [-0.2, 0) is 11.3 Å². The van der Waals surface area contributed by atoms with Gasteiger partial charge in [0.25, 0.3) is 5.56 Å². The molecule has 4 rings (SSSR count). The molecule has 1 fully saturated rings. The molecule has 1 aliphatic rings. The number of hydrogen-bond donors (Lipinski definition) is 1. The lowest BCUT2D eigenvalue weighted by Crippen LogP contribution is -2.42. The Morgan fingerprint density at radius 2 is 2.03 bits per heavy atom. The molecule has 2 aromatic heterocycles. The van der Waals surface area contributed by atoms with Gasteiger partial charge >= 0.3 is 6.09 Å². The van der Waals surface area contributed by atoms with Gasteiger partial charge in [-0.2, -0.15) is 0 Å². The summed E-state index contributed by atoms with van der Waals surface area (Å²) in [5.41, 5.74) is 3.56. The van der Waals surface area contributed by atoms with E-state index in [1.54, 1.807) is 11.8 Å². The molecule has 2 unspecified atom stereocenters. The molecule has 3 aromatic rings. The van der Waals surface area contributed by atoms with Gasteiger partial charge in [-0.05, 0) is 38.2 Å². The molecule has 1 amide bonds. The lowest BCUT2D eigenvalue weighted by Gasteiger charge is -2.38. The number of likely N-dealkylation sites (tertiary alicyclic amines) is 1. The van der Waals surface area contributed by atoms with Crippen LogP contribution >= 0.6 is 0 Å². The van der Waals surface area contributed by atoms with Crippen LogP contribution in [0.25, 0.3) is 5.65 Å². The maximum absolute atomic E-state index is 12.9. The number of carbonyl (C=O) groups excluding carboxylic acids is 1. The summed E-state index contributed by atoms with van der Waals surface area (Å²) in [7, 11) is 0. The Bertz CT molecular complexity index is 1090. The molecule has 0 spiro atoms. The van der Waals surface area contributed by atoms with Crippen molar-refractivity contribution in [1.29, 1.82) is 0 Å². The van der Waals surface area contributed by atoms with Crippen LogP contribution in [0, 0.1) is 19.8 Å². The number of amides is 1. The quantitative estimate of drug-likeness (QED) is 0.734. The Kier molecular flexibility index (Phi) is 5.13. The van der Waals surface area contributed by atoms with E-state index in [1.807, 2.05) is 43.3 Å². The molecular weight excluding hydrogens is 368 g/mol. The minimum absolute atomic E-state index is 0.111. The van der Waals surface area contributed by atoms with Crippen molar-refractivity contribution in [2.24, 2.45) is 5.92 Å². The van der Waals surface area contributed by atoms with E-state index in [4.69, 9.17) is 4.74 Å². The summed E-state index contributed by atoms with van der Waals surface area (Å²) < 4.78 is 7.06. The van der Waals surface area contributed by atoms with E-state index >= 15 is 0 Å². The standard InChI is InChI=1S/C22H26N4O3/c1-14-8-7-11-25(22(28)29-13-17-9-5-4-6-10-17)20(14)18-12-19-23-16(3)15(2)21(27)26(19)24-18/h4-6,9-10,12,14,20,24H,7-8,11,13H2,1-3H3. The normalized spacial score (nSPS) is 19.5. The van der Waals surface area contributed by atoms with E-state index in [0.29, 0.717) is 17.8 Å². The molecule has 3 heterocycles. The van der Waals surface area contributed by atoms with E-state index in [2.05, 4.69) is 17.0 Å². The number of nitrogens with one attached hydrogen (secondary N) is 1. The van der Waals surface area contributed by atoms with Crippen molar-refractivity contribution < 1.29 is 9.53 Å². The molecule has 29 heavy (non-hydrogen) atoms. The Morgan fingerprint density at radius 3 is 2.79 bits per heavy atom. The fraction of sp³-hybridized carbons (Fsp3) is 0.409. The van der Waals surface area contributed by atoms with E-state index in [9.17, 15) is 9.59 Å². The van der Waals surface area contributed by atoms with Gasteiger partial charge in [0.15, 0.2) is 5.65 Å². The number of carbonyl (C=O) groups is 1. The monoisotopic (exact) mass is 394 g/mol. The van der Waals surface area contributed by atoms with Gasteiger partial charge in [0.05, 0.1) is 11.7 Å². The molecule has 7 heteroatoms. The number of nitrogens with zero attached hydrogens (tertiary/aromatic N) is 3. The summed E-state index contributed by atoms with van der Waals surface area (Å²) in [6.07, 6.45) is 1.59. The SMILES string of the molecule is Cc1nc2cc(C3C(C)CCCN3C(=O)OCc3ccccc3)[nH]n2c(=O)c1C. The summed E-state index contributed by atoms with van der Waals surface area (Å²) in [6, 6.07) is 11.3. The molecule has 152 valence electrons. The van der Waals surface area contributed by atoms with Crippen LogP contribution < -0.4 is 5.56 Å². The van der Waals surface area contributed by atoms with Crippen LogP contribution in [0.2, 0.25) is 0 Å². The first-order valence-electron chi connectivity index (χ1n) is 10.0. The maximum Gasteiger partial charge on any atom is 0.410 e. The third kappa shape index (κ3) is 3.64. The van der Waals surface area contributed by atoms with Crippen LogP contribution in [0.4, 0.5) is 4.79 Å². The number of piperidine rings is 1. The first kappa shape index (κ1) is 19.2. The molecule has 0 bridgehead atoms. The minimum Gasteiger partial charge on any atom is -0.445 e. The lowest BCUT2D eigenvalue weighted by molar-refractivity contribution is 0.0501. The molecule has 1 aromatic carbocycles. The van der Waals surface area contributed by atoms with Gasteiger partial charge in [-0.25, -0.2) is 14.3 Å². The largest absolute Gasteiger partial charge is 0.445 e. The molecule has 7 nitrogen and oxygen atoms in total. The molecule has 1 aliphatic heterocycles. The van der Waals surface area contributed by atoms with Crippen molar-refractivity contribution in [2.45, 2.75) is 46.3 Å². The fourth-order valence-electron chi connectivity index (χ4n) is 4.06. The van der Waals surface area contributed by atoms with Gasteiger partial charge in [-0.3, -0.25) is 14.8 Å². The number of ether oxygens (including phenoxy) is 1. The Morgan fingerprint density at radius 1 is 1.28 bits per heavy atom. The number of aryl methyl sites for hydroxylation is 1. The first-order chi connectivity index (χ1) is 14.0. The van der Waals surface area contributed by atoms with Crippen LogP contribution in [0.15, 0.2) is 41.2 Å². The van der Waals surface area contributed by atoms with Crippen molar-refractivity contribution in [3.63, 3.8) is 0 Å². The van der Waals surface area contributed by atoms with Crippen LogP contribution in [-0.4, -0.2) is 32.1 Å². The van der Waals surface area contributed by atoms with Crippen LogP contribution in [0.1, 0.15) is 48.3 Å². The van der Waals surface area contributed by atoms with E-state index in [-0.39, 0.29) is 30.2 Å². The summed E-state index contributed by atoms with van der Waals surface area (Å²) >= 11 is 0. The van der Waals surface area contributed by atoms with Gasteiger partial charge in [0, 0.05) is 23.9 Å². The van der Waals surface area contributed by atoms with Gasteiger partial charge < -0.3 is 4.74 Å². The zero-order valence-corrected chi connectivity index (χ0v) is 17.0. The first-order valence-corrected chi connectivity index (χ1v) is 10.0. The van der Waals surface area contributed by atoms with E-state index in [1.165, 1.54) is 4.52 Å². The van der Waals surface area contributed by atoms with Gasteiger partial charge in [0.1, 0.15) is 6.61 Å². The number of rotatable bonds is 3. The molecule has 1 saturated heterocycles. The van der Waals surface area contributed by atoms with E-state index < -0.39 is 0 Å². The summed E-state index contributed by atoms with van der Waals surface area (Å²) in [6.45, 7) is 6.59. The Labute approximate surface area is 169 Å². The number of fused-ring (bicyclic) bond motifs is 1. The smallest absolute Gasteiger partial charge is 0.410 e. The molecule has 1 N–H and O–H groups in total. The number of hydrogen-bond acceptors (Lipinski definition) is 4. The average molecular weight is 394 g/mol. The van der Waals surface area contributed by atoms with Crippen LogP contribution in [0.3, 0.4) is 0 Å². The summed E-state index contributed by atoms with van der Waals surface area (Å²) in [5.74, 6) is 0.235. The highest BCUT2D eigenvalue weighted by atomic mass is 16.6. The number of aromatic amines is 1. The predicted molar refractivity (Wildman–Crippen MR) is 110 cm³/mol. The van der Waals surface area contributed by atoms with Gasteiger partial charge in [-0.15, -0.1) is 0 Å². The fourth-order valence-corrected chi connectivity index (χ4v) is 4.06. The highest BCUT2D eigenvalue weighted by Gasteiger charge is 2.35. The van der Waals surface area contributed by atoms with Gasteiger partial charge in [0.2, 0.25) is 0 Å². The van der Waals surface area contributed by atoms with Crippen LogP contribution in [0.5, 0.6) is 0 Å². The Hall–Kier alpha value is -3.09. The zero-order chi connectivity index (χ0) is 20.5. The lowest BCUT2D eigenvalue weighted by atomic mass is 9.89. The minimum atomic E-state index is -0.336. The number of H-pyrrole nitrogens is 1. The molecule has 0 aliphatic carbocycles. The van der Waals surface area contributed by atoms with Gasteiger partial charge in [-0.1, -0.05) is 37.3 Å². The number of benzene rings is 1. The number of aromatic nitrogens is 3. The third-order valence-corrected chi connectivity index (χ3v) is 5.80. The second-order valence-electron chi connectivity index (χ2n) is 7.83. The van der Waals surface area contributed by atoms with Crippen molar-refractivity contribution in [3.05, 3.63) is 69.3 Å². The Balaban J connectivity index is 1.63. The summed E-state index contributed by atoms with van der Waals surface area (Å²) in [5, 5.41) is 3.18. The van der Waals surface area contributed by atoms with Crippen molar-refractivity contribution in [2.75, 3.05) is 6.54 Å². The van der Waals surface area contributed by atoms with E-state index in [0.717, 1.165) is 29.8 Å². The van der Waals surface area contributed by atoms with Crippen molar-refractivity contribution in [3.8, 4) is 0 Å². The molecule has 0 radical (unpaired) electrons. The summed E-state index contributed by atoms with van der Waals surface area (Å²) in [4.78, 5) is 31.8. The van der Waals surface area contributed by atoms with Crippen molar-refractivity contribution >= 4 is 11.7 Å². The molecule has 2 atom stereocenters. The van der Waals surface area contributed by atoms with Crippen molar-refractivity contribution in [1.82, 2.24) is 19.5 Å². The molecular formula is C22H26N4O3. The zero-order valence-electron chi connectivity index (χ0n) is 17.0. The highest BCUT2D eigenvalue weighted by Crippen LogP contribution is 2.35. The maximum atomic E-state index is 12.9.